The molecule has 1 unspecified atom stereocenters. The van der Waals surface area contributed by atoms with Crippen molar-refractivity contribution in [2.24, 2.45) is 17.6 Å². The van der Waals surface area contributed by atoms with Crippen molar-refractivity contribution in [2.45, 2.75) is 51.0 Å². The standard InChI is InChI=1S/C22H27F2N3O5/c23-16-7-3-8-17(24)19(16)22(31)27(10-4-9-18(27)20(25)29)21(30)15(12-26(32)13-28)11-14-5-1-2-6-14/h3,7-8,13-15,18,32H,1-2,4-6,9-12H2,(H-,25,29)/p+1/t15-,18+,27?/m1/s1. The molecule has 32 heavy (non-hydrogen) atoms. The van der Waals surface area contributed by atoms with E-state index < -0.39 is 57.9 Å². The number of likely N-dealkylation sites (tertiary alicyclic amines) is 1. The highest BCUT2D eigenvalue weighted by Crippen LogP contribution is 2.37. The van der Waals surface area contributed by atoms with E-state index in [9.17, 15) is 33.2 Å². The Morgan fingerprint density at radius 2 is 1.78 bits per heavy atom. The molecule has 10 heteroatoms. The molecule has 3 atom stereocenters. The number of carbonyl (C=O) groups excluding carboxylic acids is 4. The molecule has 0 bridgehead atoms. The number of hydroxylamine groups is 2. The van der Waals surface area contributed by atoms with Gasteiger partial charge in [-0.3, -0.25) is 14.8 Å². The summed E-state index contributed by atoms with van der Waals surface area (Å²) < 4.78 is 27.9. The van der Waals surface area contributed by atoms with E-state index in [1.54, 1.807) is 0 Å². The first-order valence-corrected chi connectivity index (χ1v) is 10.8. The van der Waals surface area contributed by atoms with Gasteiger partial charge < -0.3 is 5.73 Å². The Morgan fingerprint density at radius 1 is 1.16 bits per heavy atom. The molecule has 1 aliphatic carbocycles. The molecule has 1 saturated heterocycles. The fourth-order valence-corrected chi connectivity index (χ4v) is 5.27. The number of primary amides is 1. The second kappa shape index (κ2) is 9.83. The van der Waals surface area contributed by atoms with Crippen molar-refractivity contribution in [1.29, 1.82) is 0 Å². The van der Waals surface area contributed by atoms with Crippen LogP contribution in [-0.4, -0.2) is 58.0 Å². The van der Waals surface area contributed by atoms with Gasteiger partial charge in [-0.1, -0.05) is 31.7 Å². The van der Waals surface area contributed by atoms with E-state index >= 15 is 0 Å². The van der Waals surface area contributed by atoms with Gasteiger partial charge in [0.1, 0.15) is 11.6 Å². The molecular weight excluding hydrogens is 424 g/mol. The van der Waals surface area contributed by atoms with Crippen LogP contribution in [0.5, 0.6) is 0 Å². The molecule has 3 rings (SSSR count). The van der Waals surface area contributed by atoms with Gasteiger partial charge in [0, 0.05) is 12.8 Å². The quantitative estimate of drug-likeness (QED) is 0.271. The zero-order valence-electron chi connectivity index (χ0n) is 17.7. The van der Waals surface area contributed by atoms with Crippen LogP contribution in [-0.2, 0) is 14.4 Å². The zero-order valence-corrected chi connectivity index (χ0v) is 17.7. The van der Waals surface area contributed by atoms with E-state index in [-0.39, 0.29) is 38.1 Å². The Labute approximate surface area is 184 Å². The van der Waals surface area contributed by atoms with E-state index in [0.717, 1.165) is 43.9 Å². The molecule has 4 amide bonds. The lowest BCUT2D eigenvalue weighted by atomic mass is 9.90. The summed E-state index contributed by atoms with van der Waals surface area (Å²) in [6, 6.07) is 1.62. The molecule has 1 aromatic rings. The zero-order chi connectivity index (χ0) is 23.5. The predicted octanol–water partition coefficient (Wildman–Crippen LogP) is 2.14. The molecule has 0 aromatic heterocycles. The molecule has 1 saturated carbocycles. The van der Waals surface area contributed by atoms with Crippen molar-refractivity contribution < 1.29 is 37.6 Å². The number of nitrogens with zero attached hydrogens (tertiary/aromatic N) is 2. The summed E-state index contributed by atoms with van der Waals surface area (Å²) >= 11 is 0. The molecule has 174 valence electrons. The number of imide groups is 1. The summed E-state index contributed by atoms with van der Waals surface area (Å²) in [5, 5.41) is 10.1. The highest BCUT2D eigenvalue weighted by molar-refractivity contribution is 6.00. The van der Waals surface area contributed by atoms with Gasteiger partial charge in [0.05, 0.1) is 19.0 Å². The third-order valence-corrected chi connectivity index (χ3v) is 6.75. The van der Waals surface area contributed by atoms with Crippen molar-refractivity contribution in [3.05, 3.63) is 35.4 Å². The first-order valence-electron chi connectivity index (χ1n) is 10.8. The number of halogens is 2. The predicted molar refractivity (Wildman–Crippen MR) is 108 cm³/mol. The second-order valence-corrected chi connectivity index (χ2v) is 8.70. The summed E-state index contributed by atoms with van der Waals surface area (Å²) in [6.45, 7) is -0.538. The fraction of sp³-hybridized carbons (Fsp3) is 0.545. The van der Waals surface area contributed by atoms with Crippen LogP contribution in [0.15, 0.2) is 18.2 Å². The number of quaternary nitrogens is 1. The largest absolute Gasteiger partial charge is 0.364 e. The van der Waals surface area contributed by atoms with Crippen molar-refractivity contribution >= 4 is 24.1 Å². The lowest BCUT2D eigenvalue weighted by Crippen LogP contribution is -2.66. The molecule has 2 fully saturated rings. The van der Waals surface area contributed by atoms with Gasteiger partial charge in [-0.15, -0.1) is 0 Å². The Bertz CT molecular complexity index is 885. The molecule has 1 aromatic carbocycles. The third kappa shape index (κ3) is 4.42. The average molecular weight is 452 g/mol. The van der Waals surface area contributed by atoms with Gasteiger partial charge in [-0.25, -0.2) is 23.4 Å². The van der Waals surface area contributed by atoms with Gasteiger partial charge in [-0.2, -0.15) is 4.48 Å². The molecule has 8 nitrogen and oxygen atoms in total. The summed E-state index contributed by atoms with van der Waals surface area (Å²) in [5.74, 6) is -5.99. The average Bonchev–Trinajstić information content (AvgIpc) is 3.42. The molecule has 1 aliphatic heterocycles. The van der Waals surface area contributed by atoms with Crippen LogP contribution in [0.25, 0.3) is 0 Å². The topological polar surface area (TPSA) is 118 Å². The molecule has 2 aliphatic rings. The van der Waals surface area contributed by atoms with E-state index in [1.807, 2.05) is 0 Å². The molecule has 3 N–H and O–H groups in total. The highest BCUT2D eigenvalue weighted by Gasteiger charge is 2.59. The minimum Gasteiger partial charge on any atom is -0.364 e. The Hall–Kier alpha value is -2.72. The van der Waals surface area contributed by atoms with Crippen molar-refractivity contribution in [2.75, 3.05) is 13.1 Å². The normalized spacial score (nSPS) is 24.3. The molecular formula is C22H28F2N3O5+. The minimum absolute atomic E-state index is 0.107. The number of nitrogens with two attached hydrogens (primary N) is 1. The van der Waals surface area contributed by atoms with Crippen LogP contribution in [0.2, 0.25) is 0 Å². The first kappa shape index (κ1) is 23.9. The smallest absolute Gasteiger partial charge is 0.359 e. The van der Waals surface area contributed by atoms with Crippen LogP contribution in [0, 0.1) is 23.5 Å². The summed E-state index contributed by atoms with van der Waals surface area (Å²) in [5.41, 5.74) is 4.63. The number of carbonyl (C=O) groups is 4. The molecule has 0 spiro atoms. The van der Waals surface area contributed by atoms with Crippen molar-refractivity contribution in [1.82, 2.24) is 5.06 Å². The number of amides is 4. The van der Waals surface area contributed by atoms with E-state index in [4.69, 9.17) is 5.73 Å². The van der Waals surface area contributed by atoms with Gasteiger partial charge in [0.25, 0.3) is 5.91 Å². The van der Waals surface area contributed by atoms with Crippen LogP contribution in [0.3, 0.4) is 0 Å². The fourth-order valence-electron chi connectivity index (χ4n) is 5.27. The highest BCUT2D eigenvalue weighted by atomic mass is 19.1. The van der Waals surface area contributed by atoms with Gasteiger partial charge in [0.15, 0.2) is 11.6 Å². The Morgan fingerprint density at radius 3 is 2.34 bits per heavy atom. The lowest BCUT2D eigenvalue weighted by molar-refractivity contribution is -0.777. The number of hydrogen-bond acceptors (Lipinski definition) is 5. The summed E-state index contributed by atoms with van der Waals surface area (Å²) in [4.78, 5) is 50.8. The Balaban J connectivity index is 2.08. The van der Waals surface area contributed by atoms with E-state index in [0.29, 0.717) is 5.06 Å². The maximum Gasteiger partial charge on any atom is 0.359 e. The van der Waals surface area contributed by atoms with Crippen LogP contribution in [0.1, 0.15) is 55.3 Å². The molecule has 0 radical (unpaired) electrons. The monoisotopic (exact) mass is 452 g/mol. The first-order chi connectivity index (χ1) is 15.2. The number of hydrogen-bond donors (Lipinski definition) is 2. The van der Waals surface area contributed by atoms with E-state index in [1.165, 1.54) is 0 Å². The van der Waals surface area contributed by atoms with Crippen LogP contribution in [0.4, 0.5) is 8.78 Å². The van der Waals surface area contributed by atoms with Gasteiger partial charge in [0.2, 0.25) is 6.41 Å². The summed E-state index contributed by atoms with van der Waals surface area (Å²) in [6.07, 6.45) is 4.46. The van der Waals surface area contributed by atoms with Crippen molar-refractivity contribution in [3.8, 4) is 0 Å². The van der Waals surface area contributed by atoms with Crippen LogP contribution >= 0.6 is 0 Å². The number of rotatable bonds is 8. The van der Waals surface area contributed by atoms with E-state index in [2.05, 4.69) is 0 Å². The Kier molecular flexibility index (Phi) is 7.35. The number of benzene rings is 1. The van der Waals surface area contributed by atoms with Gasteiger partial charge >= 0.3 is 11.8 Å². The minimum atomic E-state index is -1.29. The summed E-state index contributed by atoms with van der Waals surface area (Å²) in [7, 11) is 0. The maximum atomic E-state index is 14.5. The lowest BCUT2D eigenvalue weighted by Gasteiger charge is -2.36. The third-order valence-electron chi connectivity index (χ3n) is 6.75. The maximum absolute atomic E-state index is 14.5. The van der Waals surface area contributed by atoms with Crippen LogP contribution < -0.4 is 5.73 Å². The molecule has 1 heterocycles. The SMILES string of the molecule is NC(=O)[C@@H]1CCC[N+]1(C(=O)c1c(F)cccc1F)C(=O)[C@H](CC1CCCC1)CN(O)C=O. The second-order valence-electron chi connectivity index (χ2n) is 8.70. The van der Waals surface area contributed by atoms with Crippen molar-refractivity contribution in [3.63, 3.8) is 0 Å². The van der Waals surface area contributed by atoms with Gasteiger partial charge in [-0.05, 0) is 24.5 Å².